The molecule has 1 aromatic carbocycles. The molecule has 0 bridgehead atoms. The Bertz CT molecular complexity index is 1170. The SMILES string of the molecule is CCOc1cc([C@@H]2NC(=O)c3c(sc4c3CC[C@H](C)C4)N2)ccc1OC(=O)c1ccco1. The average molecular weight is 453 g/mol. The van der Waals surface area contributed by atoms with Crippen LogP contribution in [0.2, 0.25) is 0 Å². The summed E-state index contributed by atoms with van der Waals surface area (Å²) in [5.74, 6) is 0.817. The fourth-order valence-electron chi connectivity index (χ4n) is 4.23. The minimum atomic E-state index is -0.601. The number of anilines is 1. The third-order valence-electron chi connectivity index (χ3n) is 5.82. The quantitative estimate of drug-likeness (QED) is 0.421. The summed E-state index contributed by atoms with van der Waals surface area (Å²) >= 11 is 1.69. The minimum absolute atomic E-state index is 0.0536. The first-order valence-electron chi connectivity index (χ1n) is 10.8. The lowest BCUT2D eigenvalue weighted by Gasteiger charge is -2.27. The van der Waals surface area contributed by atoms with Gasteiger partial charge in [-0.3, -0.25) is 4.79 Å². The first kappa shape index (κ1) is 20.6. The van der Waals surface area contributed by atoms with Crippen LogP contribution >= 0.6 is 11.3 Å². The van der Waals surface area contributed by atoms with E-state index in [4.69, 9.17) is 13.9 Å². The van der Waals surface area contributed by atoms with Crippen LogP contribution in [0.15, 0.2) is 41.0 Å². The van der Waals surface area contributed by atoms with Crippen molar-refractivity contribution < 1.29 is 23.5 Å². The Morgan fingerprint density at radius 2 is 2.12 bits per heavy atom. The van der Waals surface area contributed by atoms with Crippen molar-refractivity contribution in [2.24, 2.45) is 5.92 Å². The zero-order chi connectivity index (χ0) is 22.2. The van der Waals surface area contributed by atoms with E-state index in [1.807, 2.05) is 13.0 Å². The Morgan fingerprint density at radius 3 is 2.91 bits per heavy atom. The molecule has 0 saturated heterocycles. The van der Waals surface area contributed by atoms with Crippen LogP contribution < -0.4 is 20.1 Å². The van der Waals surface area contributed by atoms with Gasteiger partial charge in [0.05, 0.1) is 18.4 Å². The smallest absolute Gasteiger partial charge is 0.379 e. The van der Waals surface area contributed by atoms with Crippen molar-refractivity contribution in [1.82, 2.24) is 5.32 Å². The van der Waals surface area contributed by atoms with Gasteiger partial charge in [-0.15, -0.1) is 11.3 Å². The zero-order valence-corrected chi connectivity index (χ0v) is 18.7. The number of rotatable bonds is 5. The number of carbonyl (C=O) groups excluding carboxylic acids is 2. The molecule has 0 radical (unpaired) electrons. The van der Waals surface area contributed by atoms with Gasteiger partial charge in [0, 0.05) is 4.88 Å². The lowest BCUT2D eigenvalue weighted by atomic mass is 9.88. The molecular weight excluding hydrogens is 428 g/mol. The Kier molecular flexibility index (Phi) is 5.38. The van der Waals surface area contributed by atoms with Crippen molar-refractivity contribution in [1.29, 1.82) is 0 Å². The molecule has 8 heteroatoms. The molecule has 7 nitrogen and oxygen atoms in total. The van der Waals surface area contributed by atoms with E-state index < -0.39 is 12.1 Å². The predicted molar refractivity (Wildman–Crippen MR) is 121 cm³/mol. The van der Waals surface area contributed by atoms with E-state index in [1.54, 1.807) is 29.5 Å². The maximum absolute atomic E-state index is 13.0. The van der Waals surface area contributed by atoms with Gasteiger partial charge < -0.3 is 24.5 Å². The van der Waals surface area contributed by atoms with Crippen LogP contribution in [0.3, 0.4) is 0 Å². The molecule has 0 fully saturated rings. The highest BCUT2D eigenvalue weighted by Gasteiger charge is 2.33. The summed E-state index contributed by atoms with van der Waals surface area (Å²) in [4.78, 5) is 26.6. The zero-order valence-electron chi connectivity index (χ0n) is 17.9. The van der Waals surface area contributed by atoms with E-state index in [0.717, 1.165) is 35.4 Å². The van der Waals surface area contributed by atoms with Gasteiger partial charge in [0.2, 0.25) is 5.76 Å². The standard InChI is InChI=1S/C24H24N2O5S/c1-3-29-18-12-14(7-9-16(18)31-24(28)17-5-4-10-30-17)21-25-22(27)20-15-8-6-13(2)11-19(15)32-23(20)26-21/h4-5,7,9-10,12-13,21,26H,3,6,8,11H2,1-2H3,(H,25,27)/t13-,21+/m0/s1. The molecule has 0 saturated carbocycles. The van der Waals surface area contributed by atoms with Crippen molar-refractivity contribution in [3.8, 4) is 11.5 Å². The van der Waals surface area contributed by atoms with Gasteiger partial charge in [0.25, 0.3) is 5.91 Å². The summed E-state index contributed by atoms with van der Waals surface area (Å²) in [6.07, 6.45) is 4.10. The third kappa shape index (κ3) is 3.75. The molecule has 32 heavy (non-hydrogen) atoms. The summed E-state index contributed by atoms with van der Waals surface area (Å²) in [7, 11) is 0. The average Bonchev–Trinajstić information content (AvgIpc) is 3.42. The fraction of sp³-hybridized carbons (Fsp3) is 0.333. The van der Waals surface area contributed by atoms with Crippen LogP contribution in [-0.4, -0.2) is 18.5 Å². The van der Waals surface area contributed by atoms with Crippen LogP contribution in [0.25, 0.3) is 0 Å². The summed E-state index contributed by atoms with van der Waals surface area (Å²) < 4.78 is 16.3. The highest BCUT2D eigenvalue weighted by atomic mass is 32.1. The molecule has 0 spiro atoms. The van der Waals surface area contributed by atoms with E-state index >= 15 is 0 Å². The number of benzene rings is 1. The van der Waals surface area contributed by atoms with Crippen LogP contribution in [0.4, 0.5) is 5.00 Å². The number of nitrogens with one attached hydrogen (secondary N) is 2. The number of amides is 1. The van der Waals surface area contributed by atoms with Gasteiger partial charge in [-0.1, -0.05) is 13.0 Å². The van der Waals surface area contributed by atoms with Gasteiger partial charge in [-0.05, 0) is 67.5 Å². The second-order valence-electron chi connectivity index (χ2n) is 8.11. The number of hydrogen-bond donors (Lipinski definition) is 2. The molecule has 3 aromatic rings. The summed E-state index contributed by atoms with van der Waals surface area (Å²) in [6.45, 7) is 4.52. The first-order valence-corrected chi connectivity index (χ1v) is 11.6. The monoisotopic (exact) mass is 452 g/mol. The summed E-state index contributed by atoms with van der Waals surface area (Å²) in [5.41, 5.74) is 2.80. The van der Waals surface area contributed by atoms with Crippen LogP contribution in [0.5, 0.6) is 11.5 Å². The molecule has 2 aromatic heterocycles. The Morgan fingerprint density at radius 1 is 1.25 bits per heavy atom. The molecule has 2 N–H and O–H groups in total. The molecular formula is C24H24N2O5S. The van der Waals surface area contributed by atoms with Gasteiger partial charge in [-0.2, -0.15) is 0 Å². The number of fused-ring (bicyclic) bond motifs is 3. The molecule has 1 aliphatic carbocycles. The lowest BCUT2D eigenvalue weighted by molar-refractivity contribution is 0.0695. The van der Waals surface area contributed by atoms with Crippen molar-refractivity contribution in [2.45, 2.75) is 39.3 Å². The lowest BCUT2D eigenvalue weighted by Crippen LogP contribution is -2.38. The van der Waals surface area contributed by atoms with Crippen molar-refractivity contribution in [2.75, 3.05) is 11.9 Å². The van der Waals surface area contributed by atoms with Gasteiger partial charge in [0.1, 0.15) is 11.2 Å². The van der Waals surface area contributed by atoms with Crippen LogP contribution in [0.1, 0.15) is 63.4 Å². The summed E-state index contributed by atoms with van der Waals surface area (Å²) in [6, 6.07) is 8.43. The number of esters is 1. The molecule has 1 amide bonds. The van der Waals surface area contributed by atoms with E-state index in [-0.39, 0.29) is 11.7 Å². The van der Waals surface area contributed by atoms with E-state index in [0.29, 0.717) is 24.0 Å². The van der Waals surface area contributed by atoms with Crippen molar-refractivity contribution >= 4 is 28.2 Å². The van der Waals surface area contributed by atoms with Crippen LogP contribution in [-0.2, 0) is 12.8 Å². The molecule has 2 atom stereocenters. The predicted octanol–water partition coefficient (Wildman–Crippen LogP) is 4.94. The Balaban J connectivity index is 1.41. The second kappa shape index (κ2) is 8.35. The highest BCUT2D eigenvalue weighted by molar-refractivity contribution is 7.16. The number of hydrogen-bond acceptors (Lipinski definition) is 7. The largest absolute Gasteiger partial charge is 0.490 e. The van der Waals surface area contributed by atoms with E-state index in [9.17, 15) is 9.59 Å². The van der Waals surface area contributed by atoms with E-state index in [2.05, 4.69) is 17.6 Å². The number of carbonyl (C=O) groups is 2. The molecule has 3 heterocycles. The normalized spacial score (nSPS) is 19.4. The van der Waals surface area contributed by atoms with Gasteiger partial charge in [-0.25, -0.2) is 4.79 Å². The Hall–Kier alpha value is -3.26. The maximum Gasteiger partial charge on any atom is 0.379 e. The number of thiophene rings is 1. The van der Waals surface area contributed by atoms with E-state index in [1.165, 1.54) is 22.8 Å². The van der Waals surface area contributed by atoms with Crippen LogP contribution in [0, 0.1) is 5.92 Å². The minimum Gasteiger partial charge on any atom is -0.490 e. The van der Waals surface area contributed by atoms with Gasteiger partial charge in [0.15, 0.2) is 11.5 Å². The van der Waals surface area contributed by atoms with Gasteiger partial charge >= 0.3 is 5.97 Å². The number of ether oxygens (including phenoxy) is 2. The Labute approximate surface area is 189 Å². The molecule has 5 rings (SSSR count). The number of furan rings is 1. The third-order valence-corrected chi connectivity index (χ3v) is 7.00. The topological polar surface area (TPSA) is 89.8 Å². The summed E-state index contributed by atoms with van der Waals surface area (Å²) in [5, 5.41) is 7.46. The molecule has 1 aliphatic heterocycles. The molecule has 2 aliphatic rings. The molecule has 0 unspecified atom stereocenters. The second-order valence-corrected chi connectivity index (χ2v) is 9.22. The molecule has 166 valence electrons. The van der Waals surface area contributed by atoms with Crippen molar-refractivity contribution in [3.05, 3.63) is 63.9 Å². The highest BCUT2D eigenvalue weighted by Crippen LogP contribution is 2.43. The fourth-order valence-corrected chi connectivity index (χ4v) is 5.67. The maximum atomic E-state index is 13.0. The van der Waals surface area contributed by atoms with Crippen molar-refractivity contribution in [3.63, 3.8) is 0 Å². The first-order chi connectivity index (χ1) is 15.5.